The molecule has 1 aromatic heterocycles. The first-order valence-electron chi connectivity index (χ1n) is 6.75. The fourth-order valence-electron chi connectivity index (χ4n) is 2.18. The summed E-state index contributed by atoms with van der Waals surface area (Å²) < 4.78 is 0. The van der Waals surface area contributed by atoms with Crippen molar-refractivity contribution in [2.45, 2.75) is 26.2 Å². The molecule has 0 bridgehead atoms. The van der Waals surface area contributed by atoms with Gasteiger partial charge in [0.2, 0.25) is 0 Å². The Morgan fingerprint density at radius 2 is 2.21 bits per heavy atom. The van der Waals surface area contributed by atoms with Crippen molar-refractivity contribution in [3.63, 3.8) is 0 Å². The third kappa shape index (κ3) is 4.13. The molecule has 0 amide bonds. The van der Waals surface area contributed by atoms with Crippen LogP contribution < -0.4 is 5.32 Å². The molecule has 1 fully saturated rings. The van der Waals surface area contributed by atoms with E-state index in [-0.39, 0.29) is 0 Å². The number of hydrogen-bond acceptors (Lipinski definition) is 4. The van der Waals surface area contributed by atoms with Crippen LogP contribution in [0.25, 0.3) is 0 Å². The van der Waals surface area contributed by atoms with Crippen LogP contribution in [-0.4, -0.2) is 34.1 Å². The van der Waals surface area contributed by atoms with E-state index < -0.39 is 5.97 Å². The minimum absolute atomic E-state index is 0.313. The smallest absolute Gasteiger partial charge is 0.335 e. The standard InChI is InChI=1S/C14H20N2O2S/c1-2-12-7-11(14(17)18)8-13(16-12)15-9-10-3-5-19-6-4-10/h7-8,10H,2-6,9H2,1H3,(H,15,16)(H,17,18). The van der Waals surface area contributed by atoms with E-state index in [0.717, 1.165) is 18.7 Å². The minimum atomic E-state index is -0.894. The maximum absolute atomic E-state index is 11.1. The number of nitrogens with one attached hydrogen (secondary N) is 1. The number of carbonyl (C=O) groups is 1. The average molecular weight is 280 g/mol. The Morgan fingerprint density at radius 1 is 1.47 bits per heavy atom. The predicted molar refractivity (Wildman–Crippen MR) is 79.1 cm³/mol. The lowest BCUT2D eigenvalue weighted by atomic mass is 10.0. The molecule has 2 heterocycles. The Labute approximate surface area is 118 Å². The number of aryl methyl sites for hydroxylation is 1. The Morgan fingerprint density at radius 3 is 2.84 bits per heavy atom. The van der Waals surface area contributed by atoms with Crippen LogP contribution in [0.3, 0.4) is 0 Å². The number of aromatic carboxylic acids is 1. The summed E-state index contributed by atoms with van der Waals surface area (Å²) in [6.07, 6.45) is 3.21. The third-order valence-corrected chi connectivity index (χ3v) is 4.45. The van der Waals surface area contributed by atoms with Gasteiger partial charge in [0.25, 0.3) is 0 Å². The molecule has 0 spiro atoms. The Hall–Kier alpha value is -1.23. The van der Waals surface area contributed by atoms with Crippen molar-refractivity contribution in [2.24, 2.45) is 5.92 Å². The summed E-state index contributed by atoms with van der Waals surface area (Å²) in [4.78, 5) is 15.5. The molecule has 1 saturated heterocycles. The first kappa shape index (κ1) is 14.2. The number of pyridine rings is 1. The predicted octanol–water partition coefficient (Wildman–Crippen LogP) is 2.90. The van der Waals surface area contributed by atoms with E-state index in [9.17, 15) is 4.79 Å². The number of anilines is 1. The summed E-state index contributed by atoms with van der Waals surface area (Å²) in [6, 6.07) is 3.27. The van der Waals surface area contributed by atoms with E-state index in [0.29, 0.717) is 17.3 Å². The Balaban J connectivity index is 2.02. The van der Waals surface area contributed by atoms with Crippen LogP contribution in [-0.2, 0) is 6.42 Å². The normalized spacial score (nSPS) is 16.3. The van der Waals surface area contributed by atoms with Gasteiger partial charge in [0.05, 0.1) is 5.56 Å². The van der Waals surface area contributed by atoms with Gasteiger partial charge in [-0.15, -0.1) is 0 Å². The molecular weight excluding hydrogens is 260 g/mol. The fraction of sp³-hybridized carbons (Fsp3) is 0.571. The molecule has 104 valence electrons. The SMILES string of the molecule is CCc1cc(C(=O)O)cc(NCC2CCSCC2)n1. The van der Waals surface area contributed by atoms with E-state index >= 15 is 0 Å². The molecule has 0 radical (unpaired) electrons. The highest BCUT2D eigenvalue weighted by molar-refractivity contribution is 7.99. The largest absolute Gasteiger partial charge is 0.478 e. The lowest BCUT2D eigenvalue weighted by Crippen LogP contribution is -2.20. The van der Waals surface area contributed by atoms with E-state index in [1.807, 2.05) is 18.7 Å². The molecule has 0 aromatic carbocycles. The summed E-state index contributed by atoms with van der Waals surface area (Å²) in [5.41, 5.74) is 1.13. The zero-order valence-corrected chi connectivity index (χ0v) is 12.0. The third-order valence-electron chi connectivity index (χ3n) is 3.40. The fourth-order valence-corrected chi connectivity index (χ4v) is 3.39. The van der Waals surface area contributed by atoms with Gasteiger partial charge in [-0.2, -0.15) is 11.8 Å². The number of rotatable bonds is 5. The molecule has 1 aromatic rings. The van der Waals surface area contributed by atoms with Gasteiger partial charge in [-0.3, -0.25) is 0 Å². The van der Waals surface area contributed by atoms with Crippen LogP contribution in [0.4, 0.5) is 5.82 Å². The zero-order chi connectivity index (χ0) is 13.7. The summed E-state index contributed by atoms with van der Waals surface area (Å²) in [5.74, 6) is 2.94. The van der Waals surface area contributed by atoms with Crippen LogP contribution in [0.15, 0.2) is 12.1 Å². The molecule has 19 heavy (non-hydrogen) atoms. The van der Waals surface area contributed by atoms with Gasteiger partial charge < -0.3 is 10.4 Å². The molecule has 0 saturated carbocycles. The van der Waals surface area contributed by atoms with Crippen LogP contribution in [0.1, 0.15) is 35.8 Å². The second-order valence-corrected chi connectivity index (χ2v) is 6.05. The van der Waals surface area contributed by atoms with Crippen LogP contribution in [0.5, 0.6) is 0 Å². The number of hydrogen-bond donors (Lipinski definition) is 2. The van der Waals surface area contributed by atoms with Crippen molar-refractivity contribution >= 4 is 23.5 Å². The van der Waals surface area contributed by atoms with E-state index in [1.54, 1.807) is 12.1 Å². The number of thioether (sulfide) groups is 1. The molecule has 0 atom stereocenters. The molecule has 1 aliphatic rings. The van der Waals surface area contributed by atoms with Gasteiger partial charge in [-0.05, 0) is 48.8 Å². The lowest BCUT2D eigenvalue weighted by Gasteiger charge is -2.22. The van der Waals surface area contributed by atoms with E-state index in [1.165, 1.54) is 24.3 Å². The highest BCUT2D eigenvalue weighted by Gasteiger charge is 2.14. The van der Waals surface area contributed by atoms with Crippen molar-refractivity contribution < 1.29 is 9.90 Å². The van der Waals surface area contributed by atoms with Crippen LogP contribution in [0, 0.1) is 5.92 Å². The highest BCUT2D eigenvalue weighted by atomic mass is 32.2. The second-order valence-electron chi connectivity index (χ2n) is 4.83. The highest BCUT2D eigenvalue weighted by Crippen LogP contribution is 2.23. The first-order valence-corrected chi connectivity index (χ1v) is 7.90. The first-order chi connectivity index (χ1) is 9.19. The Bertz CT molecular complexity index is 445. The van der Waals surface area contributed by atoms with Gasteiger partial charge in [0, 0.05) is 12.2 Å². The van der Waals surface area contributed by atoms with Crippen molar-refractivity contribution in [3.8, 4) is 0 Å². The summed E-state index contributed by atoms with van der Waals surface area (Å²) in [7, 11) is 0. The van der Waals surface area contributed by atoms with Crippen molar-refractivity contribution in [1.82, 2.24) is 4.98 Å². The molecule has 1 aliphatic heterocycles. The monoisotopic (exact) mass is 280 g/mol. The second kappa shape index (κ2) is 6.80. The van der Waals surface area contributed by atoms with Gasteiger partial charge in [-0.25, -0.2) is 9.78 Å². The lowest BCUT2D eigenvalue weighted by molar-refractivity contribution is 0.0696. The topological polar surface area (TPSA) is 62.2 Å². The van der Waals surface area contributed by atoms with Gasteiger partial charge in [-0.1, -0.05) is 6.92 Å². The average Bonchev–Trinajstić information content (AvgIpc) is 2.45. The molecule has 0 unspecified atom stereocenters. The number of aromatic nitrogens is 1. The van der Waals surface area contributed by atoms with Gasteiger partial charge >= 0.3 is 5.97 Å². The van der Waals surface area contributed by atoms with Crippen molar-refractivity contribution in [1.29, 1.82) is 0 Å². The maximum Gasteiger partial charge on any atom is 0.335 e. The van der Waals surface area contributed by atoms with Crippen molar-refractivity contribution in [2.75, 3.05) is 23.4 Å². The summed E-state index contributed by atoms with van der Waals surface area (Å²) in [5, 5.41) is 12.4. The molecule has 0 aliphatic carbocycles. The summed E-state index contributed by atoms with van der Waals surface area (Å²) >= 11 is 2.01. The molecule has 4 nitrogen and oxygen atoms in total. The van der Waals surface area contributed by atoms with Crippen LogP contribution in [0.2, 0.25) is 0 Å². The van der Waals surface area contributed by atoms with Crippen molar-refractivity contribution in [3.05, 3.63) is 23.4 Å². The van der Waals surface area contributed by atoms with Gasteiger partial charge in [0.1, 0.15) is 5.82 Å². The van der Waals surface area contributed by atoms with E-state index in [4.69, 9.17) is 5.11 Å². The number of carboxylic acid groups (broad SMARTS) is 1. The molecule has 5 heteroatoms. The van der Waals surface area contributed by atoms with E-state index in [2.05, 4.69) is 10.3 Å². The maximum atomic E-state index is 11.1. The number of nitrogens with zero attached hydrogens (tertiary/aromatic N) is 1. The van der Waals surface area contributed by atoms with Gasteiger partial charge in [0.15, 0.2) is 0 Å². The quantitative estimate of drug-likeness (QED) is 0.868. The minimum Gasteiger partial charge on any atom is -0.478 e. The molecular formula is C14H20N2O2S. The zero-order valence-electron chi connectivity index (χ0n) is 11.2. The molecule has 2 N–H and O–H groups in total. The Kier molecular flexibility index (Phi) is 5.07. The summed E-state index contributed by atoms with van der Waals surface area (Å²) in [6.45, 7) is 2.87. The van der Waals surface area contributed by atoms with Crippen LogP contribution >= 0.6 is 11.8 Å². The number of carboxylic acids is 1. The molecule has 2 rings (SSSR count).